The molecule has 0 saturated heterocycles. The average Bonchev–Trinajstić information content (AvgIpc) is 2.66. The second kappa shape index (κ2) is 8.04. The molecule has 0 unspecified atom stereocenters. The molecule has 1 heterocycles. The van der Waals surface area contributed by atoms with Crippen molar-refractivity contribution in [3.63, 3.8) is 0 Å². The molecule has 0 bridgehead atoms. The molecule has 0 spiro atoms. The van der Waals surface area contributed by atoms with Crippen LogP contribution in [0.15, 0.2) is 42.5 Å². The molecule has 2 aromatic carbocycles. The summed E-state index contributed by atoms with van der Waals surface area (Å²) < 4.78 is 24.6. The highest BCUT2D eigenvalue weighted by molar-refractivity contribution is 5.95. The Bertz CT molecular complexity index is 832. The van der Waals surface area contributed by atoms with Gasteiger partial charge in [-0.2, -0.15) is 0 Å². The Morgan fingerprint density at radius 1 is 1.23 bits per heavy atom. The summed E-state index contributed by atoms with van der Waals surface area (Å²) in [7, 11) is 1.56. The molecule has 0 aromatic heterocycles. The Labute approximate surface area is 152 Å². The number of rotatable bonds is 5. The zero-order chi connectivity index (χ0) is 18.5. The summed E-state index contributed by atoms with van der Waals surface area (Å²) in [5, 5.41) is 0. The predicted octanol–water partition coefficient (Wildman–Crippen LogP) is 4.23. The van der Waals surface area contributed by atoms with Crippen LogP contribution >= 0.6 is 0 Å². The number of halogens is 1. The van der Waals surface area contributed by atoms with Gasteiger partial charge in [0.15, 0.2) is 18.1 Å². The van der Waals surface area contributed by atoms with Crippen LogP contribution in [0.1, 0.15) is 24.5 Å². The molecule has 4 nitrogen and oxygen atoms in total. The molecule has 0 aliphatic carbocycles. The number of methoxy groups -OCH3 is 1. The number of allylic oxidation sites excluding steroid dienone is 1. The van der Waals surface area contributed by atoms with Gasteiger partial charge >= 0.3 is 0 Å². The van der Waals surface area contributed by atoms with Gasteiger partial charge in [0.1, 0.15) is 5.82 Å². The molecule has 0 radical (unpaired) electrons. The van der Waals surface area contributed by atoms with E-state index < -0.39 is 0 Å². The average molecular weight is 355 g/mol. The van der Waals surface area contributed by atoms with E-state index in [9.17, 15) is 9.18 Å². The van der Waals surface area contributed by atoms with Crippen molar-refractivity contribution in [3.8, 4) is 11.5 Å². The van der Waals surface area contributed by atoms with Gasteiger partial charge in [0.25, 0.3) is 5.91 Å². The Morgan fingerprint density at radius 2 is 2.08 bits per heavy atom. The van der Waals surface area contributed by atoms with Gasteiger partial charge in [-0.15, -0.1) is 0 Å². The first-order chi connectivity index (χ1) is 12.6. The van der Waals surface area contributed by atoms with Crippen LogP contribution in [0.2, 0.25) is 0 Å². The summed E-state index contributed by atoms with van der Waals surface area (Å²) in [5.41, 5.74) is 2.61. The molecule has 136 valence electrons. The maximum Gasteiger partial charge on any atom is 0.264 e. The lowest BCUT2D eigenvalue weighted by Crippen LogP contribution is -2.38. The maximum absolute atomic E-state index is 13.6. The highest BCUT2D eigenvalue weighted by atomic mass is 19.1. The van der Waals surface area contributed by atoms with Crippen molar-refractivity contribution in [3.05, 3.63) is 59.4 Å². The number of fused-ring (bicyclic) bond motifs is 1. The largest absolute Gasteiger partial charge is 0.493 e. The zero-order valence-electron chi connectivity index (χ0n) is 15.0. The van der Waals surface area contributed by atoms with Crippen LogP contribution in [0.4, 0.5) is 10.1 Å². The van der Waals surface area contributed by atoms with E-state index in [1.807, 2.05) is 31.2 Å². The summed E-state index contributed by atoms with van der Waals surface area (Å²) >= 11 is 0. The molecule has 0 N–H and O–H groups in total. The number of nitrogens with zero attached hydrogens (tertiary/aromatic N) is 1. The predicted molar refractivity (Wildman–Crippen MR) is 100 cm³/mol. The number of anilines is 1. The van der Waals surface area contributed by atoms with Crippen molar-refractivity contribution in [2.24, 2.45) is 0 Å². The first kappa shape index (κ1) is 18.0. The fourth-order valence-electron chi connectivity index (χ4n) is 3.12. The van der Waals surface area contributed by atoms with E-state index in [0.717, 1.165) is 24.0 Å². The standard InChI is InChI=1S/C21H22FNO3/c1-3-5-15-7-10-19(20(12-15)25-2)26-14-21(24)23-11-4-6-16-8-9-17(22)13-18(16)23/h3,5,7-10,12-13H,4,6,11,14H2,1-2H3/b5-3+. The van der Waals surface area contributed by atoms with Gasteiger partial charge in [-0.3, -0.25) is 4.79 Å². The van der Waals surface area contributed by atoms with E-state index in [4.69, 9.17) is 9.47 Å². The van der Waals surface area contributed by atoms with Gasteiger partial charge in [-0.05, 0) is 55.2 Å². The molecule has 1 amide bonds. The molecule has 1 aliphatic rings. The van der Waals surface area contributed by atoms with Crippen molar-refractivity contribution in [2.45, 2.75) is 19.8 Å². The van der Waals surface area contributed by atoms with Gasteiger partial charge in [-0.1, -0.05) is 24.3 Å². The zero-order valence-corrected chi connectivity index (χ0v) is 15.0. The molecule has 26 heavy (non-hydrogen) atoms. The molecule has 0 atom stereocenters. The smallest absolute Gasteiger partial charge is 0.264 e. The molecule has 2 aromatic rings. The summed E-state index contributed by atoms with van der Waals surface area (Å²) in [4.78, 5) is 14.2. The second-order valence-corrected chi connectivity index (χ2v) is 6.12. The molecular weight excluding hydrogens is 333 g/mol. The van der Waals surface area contributed by atoms with Crippen LogP contribution in [-0.4, -0.2) is 26.2 Å². The number of amides is 1. The van der Waals surface area contributed by atoms with E-state index in [-0.39, 0.29) is 18.3 Å². The Kier molecular flexibility index (Phi) is 5.56. The Morgan fingerprint density at radius 3 is 2.85 bits per heavy atom. The highest BCUT2D eigenvalue weighted by Gasteiger charge is 2.23. The number of carbonyl (C=O) groups is 1. The van der Waals surface area contributed by atoms with E-state index in [1.54, 1.807) is 24.1 Å². The summed E-state index contributed by atoms with van der Waals surface area (Å²) in [5.74, 6) is 0.533. The van der Waals surface area contributed by atoms with Gasteiger partial charge in [0, 0.05) is 12.2 Å². The number of benzene rings is 2. The molecule has 3 rings (SSSR count). The maximum atomic E-state index is 13.6. The first-order valence-electron chi connectivity index (χ1n) is 8.64. The lowest BCUT2D eigenvalue weighted by atomic mass is 10.0. The third kappa shape index (κ3) is 3.87. The van der Waals surface area contributed by atoms with E-state index >= 15 is 0 Å². The van der Waals surface area contributed by atoms with Crippen LogP contribution in [0.5, 0.6) is 11.5 Å². The lowest BCUT2D eigenvalue weighted by molar-refractivity contribution is -0.120. The summed E-state index contributed by atoms with van der Waals surface area (Å²) in [6, 6.07) is 10.1. The fraction of sp³-hybridized carbons (Fsp3) is 0.286. The van der Waals surface area contributed by atoms with E-state index in [1.165, 1.54) is 12.1 Å². The van der Waals surface area contributed by atoms with Gasteiger partial charge in [0.05, 0.1) is 7.11 Å². The molecular formula is C21H22FNO3. The van der Waals surface area contributed by atoms with Crippen molar-refractivity contribution in [1.29, 1.82) is 0 Å². The molecule has 0 saturated carbocycles. The number of carbonyl (C=O) groups excluding carboxylic acids is 1. The monoisotopic (exact) mass is 355 g/mol. The number of aryl methyl sites for hydroxylation is 1. The van der Waals surface area contributed by atoms with Crippen LogP contribution in [0.3, 0.4) is 0 Å². The lowest BCUT2D eigenvalue weighted by Gasteiger charge is -2.29. The van der Waals surface area contributed by atoms with Gasteiger partial charge in [-0.25, -0.2) is 4.39 Å². The van der Waals surface area contributed by atoms with Crippen LogP contribution in [0, 0.1) is 5.82 Å². The summed E-state index contributed by atoms with van der Waals surface area (Å²) in [6.07, 6.45) is 5.59. The third-order valence-electron chi connectivity index (χ3n) is 4.36. The van der Waals surface area contributed by atoms with Gasteiger partial charge < -0.3 is 14.4 Å². The minimum absolute atomic E-state index is 0.130. The number of hydrogen-bond acceptors (Lipinski definition) is 3. The van der Waals surface area contributed by atoms with Crippen molar-refractivity contribution >= 4 is 17.7 Å². The van der Waals surface area contributed by atoms with E-state index in [2.05, 4.69) is 0 Å². The van der Waals surface area contributed by atoms with Crippen LogP contribution in [0.25, 0.3) is 6.08 Å². The topological polar surface area (TPSA) is 38.8 Å². The third-order valence-corrected chi connectivity index (χ3v) is 4.36. The fourth-order valence-corrected chi connectivity index (χ4v) is 3.12. The number of hydrogen-bond donors (Lipinski definition) is 0. The second-order valence-electron chi connectivity index (χ2n) is 6.12. The minimum Gasteiger partial charge on any atom is -0.493 e. The first-order valence-corrected chi connectivity index (χ1v) is 8.64. The van der Waals surface area contributed by atoms with Crippen molar-refractivity contribution in [2.75, 3.05) is 25.2 Å². The van der Waals surface area contributed by atoms with Crippen molar-refractivity contribution in [1.82, 2.24) is 0 Å². The normalized spacial score (nSPS) is 13.6. The highest BCUT2D eigenvalue weighted by Crippen LogP contribution is 2.30. The van der Waals surface area contributed by atoms with Gasteiger partial charge in [0.2, 0.25) is 0 Å². The number of ether oxygens (including phenoxy) is 2. The molecule has 1 aliphatic heterocycles. The Hall–Kier alpha value is -2.82. The summed E-state index contributed by atoms with van der Waals surface area (Å²) in [6.45, 7) is 2.38. The van der Waals surface area contributed by atoms with Crippen molar-refractivity contribution < 1.29 is 18.7 Å². The Balaban J connectivity index is 1.73. The van der Waals surface area contributed by atoms with Crippen LogP contribution < -0.4 is 14.4 Å². The molecule has 0 fully saturated rings. The minimum atomic E-state index is -0.342. The molecule has 5 heteroatoms. The van der Waals surface area contributed by atoms with Crippen LogP contribution in [-0.2, 0) is 11.2 Å². The SMILES string of the molecule is C/C=C/c1ccc(OCC(=O)N2CCCc3ccc(F)cc32)c(OC)c1. The van der Waals surface area contributed by atoms with E-state index in [0.29, 0.717) is 23.7 Å². The quantitative estimate of drug-likeness (QED) is 0.806.